The summed E-state index contributed by atoms with van der Waals surface area (Å²) >= 11 is 0. The lowest BCUT2D eigenvalue weighted by molar-refractivity contribution is -0.135. The largest absolute Gasteiger partial charge is 0.480 e. The molecule has 0 aliphatic rings. The molecule has 0 unspecified atom stereocenters. The number of carboxylic acid groups (broad SMARTS) is 1. The minimum absolute atomic E-state index is 0.190. The molecule has 0 saturated heterocycles. The smallest absolute Gasteiger partial charge is 0.410 e. The van der Waals surface area contributed by atoms with Gasteiger partial charge in [0, 0.05) is 19.3 Å². The van der Waals surface area contributed by atoms with Gasteiger partial charge in [-0.25, -0.2) is 9.59 Å². The second-order valence-corrected chi connectivity index (χ2v) is 5.80. The number of urea groups is 1. The Morgan fingerprint density at radius 1 is 1.04 bits per heavy atom. The van der Waals surface area contributed by atoms with E-state index >= 15 is 0 Å². The average Bonchev–Trinajstić information content (AvgIpc) is 2.65. The van der Waals surface area contributed by atoms with E-state index in [0.717, 1.165) is 11.1 Å². The molecular weight excluding hydrogens is 350 g/mol. The summed E-state index contributed by atoms with van der Waals surface area (Å²) in [6, 6.07) is 15.7. The molecular formula is C19H21N3O5. The Balaban J connectivity index is 1.85. The van der Waals surface area contributed by atoms with E-state index in [1.54, 1.807) is 31.3 Å². The van der Waals surface area contributed by atoms with Gasteiger partial charge in [-0.05, 0) is 23.3 Å². The van der Waals surface area contributed by atoms with Gasteiger partial charge in [-0.3, -0.25) is 4.79 Å². The van der Waals surface area contributed by atoms with E-state index in [-0.39, 0.29) is 6.61 Å². The van der Waals surface area contributed by atoms with Crippen LogP contribution in [0.5, 0.6) is 0 Å². The van der Waals surface area contributed by atoms with Crippen LogP contribution in [0.4, 0.5) is 15.3 Å². The summed E-state index contributed by atoms with van der Waals surface area (Å²) in [7, 11) is 1.62. The molecule has 3 N–H and O–H groups in total. The highest BCUT2D eigenvalue weighted by Crippen LogP contribution is 2.13. The molecule has 142 valence electrons. The number of nitrogens with zero attached hydrogens (tertiary/aromatic N) is 1. The Bertz CT molecular complexity index is 795. The quantitative estimate of drug-likeness (QED) is 0.693. The van der Waals surface area contributed by atoms with Crippen LogP contribution in [0.25, 0.3) is 0 Å². The van der Waals surface area contributed by atoms with Crippen LogP contribution < -0.4 is 10.6 Å². The van der Waals surface area contributed by atoms with Crippen LogP contribution >= 0.6 is 0 Å². The van der Waals surface area contributed by atoms with Crippen molar-refractivity contribution in [3.8, 4) is 0 Å². The van der Waals surface area contributed by atoms with Gasteiger partial charge in [-0.1, -0.05) is 42.5 Å². The van der Waals surface area contributed by atoms with Gasteiger partial charge in [0.25, 0.3) is 0 Å². The highest BCUT2D eigenvalue weighted by molar-refractivity contribution is 5.91. The molecule has 0 bridgehead atoms. The van der Waals surface area contributed by atoms with Crippen LogP contribution in [0, 0.1) is 0 Å². The van der Waals surface area contributed by atoms with Crippen LogP contribution in [0.1, 0.15) is 11.1 Å². The Morgan fingerprint density at radius 3 is 2.44 bits per heavy atom. The molecule has 0 spiro atoms. The molecule has 27 heavy (non-hydrogen) atoms. The number of benzene rings is 2. The van der Waals surface area contributed by atoms with Gasteiger partial charge in [-0.15, -0.1) is 0 Å². The molecule has 0 radical (unpaired) electrons. The first-order valence-electron chi connectivity index (χ1n) is 8.21. The summed E-state index contributed by atoms with van der Waals surface area (Å²) in [5.74, 6) is -1.13. The maximum Gasteiger partial charge on any atom is 0.410 e. The second kappa shape index (κ2) is 9.81. The molecule has 0 aromatic heterocycles. The number of hydrogen-bond donors (Lipinski definition) is 3. The summed E-state index contributed by atoms with van der Waals surface area (Å²) in [5.41, 5.74) is 2.17. The minimum Gasteiger partial charge on any atom is -0.480 e. The van der Waals surface area contributed by atoms with Crippen molar-refractivity contribution >= 4 is 23.8 Å². The van der Waals surface area contributed by atoms with E-state index in [1.807, 2.05) is 30.3 Å². The standard InChI is InChI=1S/C19H21N3O5/c1-22(19(26)27-13-14-6-3-2-4-7-14)12-15-8-5-9-16(10-15)21-18(25)20-11-17(23)24/h2-10H,11-13H2,1H3,(H,23,24)(H2,20,21,25). The van der Waals surface area contributed by atoms with E-state index in [0.29, 0.717) is 12.2 Å². The van der Waals surface area contributed by atoms with Crippen molar-refractivity contribution < 1.29 is 24.2 Å². The highest BCUT2D eigenvalue weighted by Gasteiger charge is 2.11. The number of carbonyl (C=O) groups is 3. The number of rotatable bonds is 7. The lowest BCUT2D eigenvalue weighted by atomic mass is 10.2. The van der Waals surface area contributed by atoms with E-state index in [2.05, 4.69) is 10.6 Å². The number of nitrogens with one attached hydrogen (secondary N) is 2. The Morgan fingerprint density at radius 2 is 1.74 bits per heavy atom. The third kappa shape index (κ3) is 7.07. The van der Waals surface area contributed by atoms with Crippen molar-refractivity contribution in [1.29, 1.82) is 0 Å². The van der Waals surface area contributed by atoms with Gasteiger partial charge in [0.15, 0.2) is 0 Å². The average molecular weight is 371 g/mol. The van der Waals surface area contributed by atoms with E-state index < -0.39 is 24.6 Å². The maximum atomic E-state index is 12.1. The van der Waals surface area contributed by atoms with Crippen molar-refractivity contribution in [2.45, 2.75) is 13.2 Å². The first kappa shape index (κ1) is 19.8. The fourth-order valence-electron chi connectivity index (χ4n) is 2.25. The normalized spacial score (nSPS) is 9.96. The van der Waals surface area contributed by atoms with Gasteiger partial charge in [0.1, 0.15) is 13.2 Å². The Kier molecular flexibility index (Phi) is 7.18. The zero-order valence-corrected chi connectivity index (χ0v) is 14.8. The topological polar surface area (TPSA) is 108 Å². The number of anilines is 1. The number of ether oxygens (including phenoxy) is 1. The molecule has 3 amide bonds. The van der Waals surface area contributed by atoms with Gasteiger partial charge in [-0.2, -0.15) is 0 Å². The molecule has 0 fully saturated rings. The van der Waals surface area contributed by atoms with Gasteiger partial charge >= 0.3 is 18.1 Å². The fraction of sp³-hybridized carbons (Fsp3) is 0.211. The molecule has 0 aliphatic heterocycles. The molecule has 0 saturated carbocycles. The summed E-state index contributed by atoms with van der Waals surface area (Å²) in [5, 5.41) is 13.3. The van der Waals surface area contributed by atoms with Crippen LogP contribution in [-0.4, -0.2) is 41.7 Å². The van der Waals surface area contributed by atoms with Crippen molar-refractivity contribution in [2.24, 2.45) is 0 Å². The lowest BCUT2D eigenvalue weighted by Gasteiger charge is -2.17. The predicted molar refractivity (Wildman–Crippen MR) is 99.2 cm³/mol. The zero-order valence-electron chi connectivity index (χ0n) is 14.8. The van der Waals surface area contributed by atoms with Crippen LogP contribution in [0.15, 0.2) is 54.6 Å². The van der Waals surface area contributed by atoms with Crippen LogP contribution in [0.3, 0.4) is 0 Å². The Labute approximate surface area is 156 Å². The van der Waals surface area contributed by atoms with Crippen molar-refractivity contribution in [3.63, 3.8) is 0 Å². The monoisotopic (exact) mass is 371 g/mol. The summed E-state index contributed by atoms with van der Waals surface area (Å²) in [4.78, 5) is 35.6. The summed E-state index contributed by atoms with van der Waals surface area (Å²) < 4.78 is 5.26. The van der Waals surface area contributed by atoms with Gasteiger partial charge in [0.2, 0.25) is 0 Å². The Hall–Kier alpha value is -3.55. The molecule has 8 heteroatoms. The zero-order chi connectivity index (χ0) is 19.6. The summed E-state index contributed by atoms with van der Waals surface area (Å²) in [6.07, 6.45) is -0.462. The van der Waals surface area contributed by atoms with Crippen molar-refractivity contribution in [3.05, 3.63) is 65.7 Å². The van der Waals surface area contributed by atoms with Crippen molar-refractivity contribution in [1.82, 2.24) is 10.2 Å². The number of carboxylic acids is 1. The summed E-state index contributed by atoms with van der Waals surface area (Å²) in [6.45, 7) is 0.0107. The predicted octanol–water partition coefficient (Wildman–Crippen LogP) is 2.66. The lowest BCUT2D eigenvalue weighted by Crippen LogP contribution is -2.33. The van der Waals surface area contributed by atoms with E-state index in [1.165, 1.54) is 4.90 Å². The first-order valence-corrected chi connectivity index (χ1v) is 8.21. The molecule has 8 nitrogen and oxygen atoms in total. The minimum atomic E-state index is -1.13. The van der Waals surface area contributed by atoms with Crippen LogP contribution in [-0.2, 0) is 22.7 Å². The molecule has 2 aromatic rings. The third-order valence-corrected chi connectivity index (χ3v) is 3.52. The SMILES string of the molecule is CN(Cc1cccc(NC(=O)NCC(=O)O)c1)C(=O)OCc1ccccc1. The van der Waals surface area contributed by atoms with Gasteiger partial charge in [0.05, 0.1) is 0 Å². The molecule has 0 heterocycles. The van der Waals surface area contributed by atoms with E-state index in [4.69, 9.17) is 9.84 Å². The third-order valence-electron chi connectivity index (χ3n) is 3.52. The highest BCUT2D eigenvalue weighted by atomic mass is 16.6. The van der Waals surface area contributed by atoms with Crippen molar-refractivity contribution in [2.75, 3.05) is 18.9 Å². The maximum absolute atomic E-state index is 12.1. The molecule has 0 atom stereocenters. The second-order valence-electron chi connectivity index (χ2n) is 5.80. The van der Waals surface area contributed by atoms with Crippen LogP contribution in [0.2, 0.25) is 0 Å². The van der Waals surface area contributed by atoms with Gasteiger partial charge < -0.3 is 25.4 Å². The number of carbonyl (C=O) groups excluding carboxylic acids is 2. The number of aliphatic carboxylic acids is 1. The first-order chi connectivity index (χ1) is 12.9. The molecule has 2 rings (SSSR count). The molecule has 0 aliphatic carbocycles. The van der Waals surface area contributed by atoms with E-state index in [9.17, 15) is 14.4 Å². The number of amides is 3. The molecule has 2 aromatic carbocycles. The number of hydrogen-bond acceptors (Lipinski definition) is 4. The fourth-order valence-corrected chi connectivity index (χ4v) is 2.25.